The van der Waals surface area contributed by atoms with E-state index in [1.54, 1.807) is 24.3 Å². The Bertz CT molecular complexity index is 1260. The molecule has 2 aromatic heterocycles. The fraction of sp³-hybridized carbons (Fsp3) is 0.0526. The van der Waals surface area contributed by atoms with E-state index in [4.69, 9.17) is 4.42 Å². The summed E-state index contributed by atoms with van der Waals surface area (Å²) in [6.45, 7) is 1.33. The minimum Gasteiger partial charge on any atom is -0.463 e. The molecule has 27 heavy (non-hydrogen) atoms. The predicted molar refractivity (Wildman–Crippen MR) is 103 cm³/mol. The Labute approximate surface area is 156 Å². The molecule has 0 unspecified atom stereocenters. The van der Waals surface area contributed by atoms with E-state index in [1.807, 2.05) is 0 Å². The van der Waals surface area contributed by atoms with Crippen LogP contribution in [-0.2, 0) is 4.79 Å². The van der Waals surface area contributed by atoms with E-state index >= 15 is 0 Å². The number of hydrogen-bond acceptors (Lipinski definition) is 6. The summed E-state index contributed by atoms with van der Waals surface area (Å²) < 4.78 is 19.4. The number of hydrazone groups is 1. The van der Waals surface area contributed by atoms with Crippen molar-refractivity contribution in [1.29, 1.82) is 0 Å². The van der Waals surface area contributed by atoms with Gasteiger partial charge in [-0.05, 0) is 30.3 Å². The minimum atomic E-state index is -0.393. The molecule has 0 saturated carbocycles. The number of thiazole rings is 1. The molecule has 0 N–H and O–H groups in total. The van der Waals surface area contributed by atoms with Gasteiger partial charge in [-0.1, -0.05) is 23.5 Å². The zero-order valence-electron chi connectivity index (χ0n) is 14.0. The third-order valence-electron chi connectivity index (χ3n) is 3.84. The summed E-state index contributed by atoms with van der Waals surface area (Å²) in [5.41, 5.74) is 0.974. The van der Waals surface area contributed by atoms with Gasteiger partial charge in [-0.15, -0.1) is 0 Å². The van der Waals surface area contributed by atoms with Gasteiger partial charge in [0.2, 0.25) is 16.5 Å². The Morgan fingerprint density at radius 3 is 2.93 bits per heavy atom. The van der Waals surface area contributed by atoms with Crippen LogP contribution < -0.4 is 10.4 Å². The summed E-state index contributed by atoms with van der Waals surface area (Å²) in [6, 6.07) is 11.0. The Hall–Kier alpha value is -3.39. The standard InChI is InChI=1S/C19H12FN3O3S/c1-11(24)23(19-22-15-7-6-13(20)8-17(15)27-19)21-9-12-10-26-16-5-3-2-4-14(16)18(12)25/h2-10H,1H3/b21-9-. The number of carbonyl (C=O) groups is 1. The quantitative estimate of drug-likeness (QED) is 0.398. The molecule has 0 aliphatic carbocycles. The number of nitrogens with zero attached hydrogens (tertiary/aromatic N) is 3. The normalized spacial score (nSPS) is 11.5. The van der Waals surface area contributed by atoms with Crippen LogP contribution in [0.15, 0.2) is 63.0 Å². The molecule has 0 bridgehead atoms. The molecule has 0 saturated heterocycles. The highest BCUT2D eigenvalue weighted by atomic mass is 32.1. The number of aromatic nitrogens is 1. The summed E-state index contributed by atoms with van der Waals surface area (Å²) in [5.74, 6) is -0.777. The number of amides is 1. The molecule has 2 aromatic carbocycles. The first-order valence-corrected chi connectivity index (χ1v) is 8.76. The summed E-state index contributed by atoms with van der Waals surface area (Å²) >= 11 is 1.13. The lowest BCUT2D eigenvalue weighted by molar-refractivity contribution is -0.116. The number of fused-ring (bicyclic) bond motifs is 2. The topological polar surface area (TPSA) is 75.8 Å². The molecular formula is C19H12FN3O3S. The van der Waals surface area contributed by atoms with Crippen molar-refractivity contribution in [3.63, 3.8) is 0 Å². The maximum atomic E-state index is 13.4. The molecule has 0 aliphatic heterocycles. The van der Waals surface area contributed by atoms with E-state index in [2.05, 4.69) is 10.1 Å². The largest absolute Gasteiger partial charge is 0.463 e. The minimum absolute atomic E-state index is 0.201. The van der Waals surface area contributed by atoms with E-state index in [0.717, 1.165) is 16.3 Å². The molecule has 8 heteroatoms. The average Bonchev–Trinajstić information content (AvgIpc) is 3.06. The van der Waals surface area contributed by atoms with Crippen molar-refractivity contribution in [2.45, 2.75) is 6.92 Å². The van der Waals surface area contributed by atoms with Crippen LogP contribution in [0, 0.1) is 5.82 Å². The van der Waals surface area contributed by atoms with Crippen LogP contribution >= 0.6 is 11.3 Å². The van der Waals surface area contributed by atoms with E-state index < -0.39 is 5.91 Å². The van der Waals surface area contributed by atoms with Crippen LogP contribution in [0.5, 0.6) is 0 Å². The number of rotatable bonds is 3. The van der Waals surface area contributed by atoms with Crippen molar-refractivity contribution in [3.8, 4) is 0 Å². The molecule has 4 aromatic rings. The molecule has 0 spiro atoms. The van der Waals surface area contributed by atoms with Gasteiger partial charge in [0, 0.05) is 6.92 Å². The van der Waals surface area contributed by atoms with E-state index in [0.29, 0.717) is 21.2 Å². The van der Waals surface area contributed by atoms with Crippen molar-refractivity contribution < 1.29 is 13.6 Å². The van der Waals surface area contributed by atoms with Crippen LogP contribution in [0.4, 0.5) is 9.52 Å². The second-order valence-corrected chi connectivity index (χ2v) is 6.71. The Balaban J connectivity index is 1.74. The lowest BCUT2D eigenvalue weighted by atomic mass is 10.2. The first-order valence-electron chi connectivity index (χ1n) is 7.94. The molecule has 0 fully saturated rings. The van der Waals surface area contributed by atoms with Crippen molar-refractivity contribution in [1.82, 2.24) is 4.98 Å². The summed E-state index contributed by atoms with van der Waals surface area (Å²) in [5, 5.41) is 5.87. The Kier molecular flexibility index (Phi) is 4.25. The van der Waals surface area contributed by atoms with Gasteiger partial charge in [0.1, 0.15) is 17.7 Å². The van der Waals surface area contributed by atoms with Gasteiger partial charge in [0.15, 0.2) is 0 Å². The average molecular weight is 381 g/mol. The molecule has 134 valence electrons. The first kappa shape index (κ1) is 17.0. The molecule has 4 rings (SSSR count). The van der Waals surface area contributed by atoms with Crippen LogP contribution in [0.25, 0.3) is 21.2 Å². The highest BCUT2D eigenvalue weighted by molar-refractivity contribution is 7.22. The zero-order chi connectivity index (χ0) is 19.0. The highest BCUT2D eigenvalue weighted by Gasteiger charge is 2.16. The molecule has 1 amide bonds. The smallest absolute Gasteiger partial charge is 0.246 e. The second-order valence-electron chi connectivity index (χ2n) is 5.70. The van der Waals surface area contributed by atoms with Gasteiger partial charge < -0.3 is 4.42 Å². The third-order valence-corrected chi connectivity index (χ3v) is 4.83. The number of para-hydroxylation sites is 1. The fourth-order valence-corrected chi connectivity index (χ4v) is 3.54. The zero-order valence-corrected chi connectivity index (χ0v) is 14.9. The molecule has 0 radical (unpaired) electrons. The number of benzene rings is 2. The van der Waals surface area contributed by atoms with Gasteiger partial charge in [0.25, 0.3) is 0 Å². The Morgan fingerprint density at radius 2 is 2.11 bits per heavy atom. The lowest BCUT2D eigenvalue weighted by Gasteiger charge is -2.10. The number of hydrogen-bond donors (Lipinski definition) is 0. The van der Waals surface area contributed by atoms with Crippen molar-refractivity contribution in [3.05, 3.63) is 70.3 Å². The maximum Gasteiger partial charge on any atom is 0.246 e. The van der Waals surface area contributed by atoms with Crippen LogP contribution in [0.3, 0.4) is 0 Å². The third kappa shape index (κ3) is 3.22. The lowest BCUT2D eigenvalue weighted by Crippen LogP contribution is -2.22. The second kappa shape index (κ2) is 6.73. The Morgan fingerprint density at radius 1 is 1.30 bits per heavy atom. The summed E-state index contributed by atoms with van der Waals surface area (Å²) in [6.07, 6.45) is 2.55. The number of carbonyl (C=O) groups excluding carboxylic acids is 1. The SMILES string of the molecule is CC(=O)N(/N=C\c1coc2ccccc2c1=O)c1nc2ccc(F)cc2s1. The fourth-order valence-electron chi connectivity index (χ4n) is 2.54. The van der Waals surface area contributed by atoms with Crippen LogP contribution in [-0.4, -0.2) is 17.1 Å². The molecule has 6 nitrogen and oxygen atoms in total. The molecule has 2 heterocycles. The molecule has 0 aliphatic rings. The van der Waals surface area contributed by atoms with Gasteiger partial charge in [-0.3, -0.25) is 9.59 Å². The maximum absolute atomic E-state index is 13.4. The number of halogens is 1. The summed E-state index contributed by atoms with van der Waals surface area (Å²) in [7, 11) is 0. The number of anilines is 1. The summed E-state index contributed by atoms with van der Waals surface area (Å²) in [4.78, 5) is 28.8. The van der Waals surface area contributed by atoms with Gasteiger partial charge in [0.05, 0.1) is 27.4 Å². The first-order chi connectivity index (χ1) is 13.0. The van der Waals surface area contributed by atoms with E-state index in [1.165, 1.54) is 37.6 Å². The van der Waals surface area contributed by atoms with E-state index in [9.17, 15) is 14.0 Å². The van der Waals surface area contributed by atoms with Gasteiger partial charge in [-0.2, -0.15) is 10.1 Å². The highest BCUT2D eigenvalue weighted by Crippen LogP contribution is 2.29. The predicted octanol–water partition coefficient (Wildman–Crippen LogP) is 3.93. The molecule has 0 atom stereocenters. The monoisotopic (exact) mass is 381 g/mol. The molecular weight excluding hydrogens is 369 g/mol. The van der Waals surface area contributed by atoms with Crippen molar-refractivity contribution in [2.24, 2.45) is 5.10 Å². The van der Waals surface area contributed by atoms with Gasteiger partial charge >= 0.3 is 0 Å². The van der Waals surface area contributed by atoms with Gasteiger partial charge in [-0.25, -0.2) is 9.37 Å². The van der Waals surface area contributed by atoms with E-state index in [-0.39, 0.29) is 21.9 Å². The van der Waals surface area contributed by atoms with Crippen molar-refractivity contribution >= 4 is 49.8 Å². The van der Waals surface area contributed by atoms with Crippen LogP contribution in [0.1, 0.15) is 12.5 Å². The van der Waals surface area contributed by atoms with Crippen LogP contribution in [0.2, 0.25) is 0 Å². The van der Waals surface area contributed by atoms with Crippen molar-refractivity contribution in [2.75, 3.05) is 5.01 Å².